The number of nitriles is 2. The van der Waals surface area contributed by atoms with Crippen LogP contribution >= 0.6 is 0 Å². The van der Waals surface area contributed by atoms with Crippen molar-refractivity contribution < 1.29 is 17.9 Å². The van der Waals surface area contributed by atoms with E-state index in [1.807, 2.05) is 0 Å². The Labute approximate surface area is 130 Å². The van der Waals surface area contributed by atoms with Gasteiger partial charge in [-0.05, 0) is 42.0 Å². The lowest BCUT2D eigenvalue weighted by Crippen LogP contribution is -2.01. The zero-order valence-corrected chi connectivity index (χ0v) is 11.7. The first-order valence-corrected chi connectivity index (χ1v) is 6.41. The fourth-order valence-corrected chi connectivity index (χ4v) is 1.79. The minimum atomic E-state index is -0.745. The van der Waals surface area contributed by atoms with E-state index in [1.54, 1.807) is 12.1 Å². The van der Waals surface area contributed by atoms with Crippen LogP contribution in [0.1, 0.15) is 11.1 Å². The van der Waals surface area contributed by atoms with Crippen molar-refractivity contribution in [2.75, 3.05) is 0 Å². The molecule has 6 heteroatoms. The van der Waals surface area contributed by atoms with E-state index in [-0.39, 0.29) is 23.5 Å². The predicted octanol–water partition coefficient (Wildman–Crippen LogP) is 4.11. The standard InChI is InChI=1S/C17H9F3N2O/c18-14-2-3-15(19)13(7-14)10-23-17-4-1-11(6-16(17)20)5-12(8-21)9-22/h1-7H,10H2. The van der Waals surface area contributed by atoms with E-state index in [4.69, 9.17) is 15.3 Å². The Hall–Kier alpha value is -3.25. The van der Waals surface area contributed by atoms with Gasteiger partial charge in [0.05, 0.1) is 0 Å². The van der Waals surface area contributed by atoms with Crippen molar-refractivity contribution in [1.29, 1.82) is 10.5 Å². The van der Waals surface area contributed by atoms with Gasteiger partial charge in [0, 0.05) is 5.56 Å². The Balaban J connectivity index is 2.16. The highest BCUT2D eigenvalue weighted by Crippen LogP contribution is 2.22. The molecule has 0 aromatic heterocycles. The van der Waals surface area contributed by atoms with E-state index in [9.17, 15) is 13.2 Å². The van der Waals surface area contributed by atoms with Gasteiger partial charge in [0.1, 0.15) is 36.0 Å². The van der Waals surface area contributed by atoms with E-state index in [2.05, 4.69) is 0 Å². The van der Waals surface area contributed by atoms with Gasteiger partial charge >= 0.3 is 0 Å². The van der Waals surface area contributed by atoms with Crippen LogP contribution in [0.25, 0.3) is 6.08 Å². The summed E-state index contributed by atoms with van der Waals surface area (Å²) in [5.41, 5.74) is 0.106. The molecule has 0 spiro atoms. The van der Waals surface area contributed by atoms with Crippen LogP contribution in [-0.2, 0) is 6.61 Å². The first-order chi connectivity index (χ1) is 11.0. The number of benzene rings is 2. The first kappa shape index (κ1) is 16.1. The van der Waals surface area contributed by atoms with Crippen LogP contribution in [0.2, 0.25) is 0 Å². The fourth-order valence-electron chi connectivity index (χ4n) is 1.79. The summed E-state index contributed by atoms with van der Waals surface area (Å²) in [6.07, 6.45) is 1.22. The van der Waals surface area contributed by atoms with Gasteiger partial charge in [-0.25, -0.2) is 13.2 Å². The molecule has 23 heavy (non-hydrogen) atoms. The third-order valence-electron chi connectivity index (χ3n) is 2.90. The Bertz CT molecular complexity index is 832. The van der Waals surface area contributed by atoms with E-state index >= 15 is 0 Å². The Morgan fingerprint density at radius 3 is 2.39 bits per heavy atom. The molecule has 0 bridgehead atoms. The second kappa shape index (κ2) is 7.15. The number of hydrogen-bond donors (Lipinski definition) is 0. The van der Waals surface area contributed by atoms with Crippen LogP contribution in [0.5, 0.6) is 5.75 Å². The average Bonchev–Trinajstić information content (AvgIpc) is 2.54. The minimum absolute atomic E-state index is 0.0374. The summed E-state index contributed by atoms with van der Waals surface area (Å²) < 4.78 is 45.5. The van der Waals surface area contributed by atoms with Crippen molar-refractivity contribution in [2.24, 2.45) is 0 Å². The summed E-state index contributed by atoms with van der Waals surface area (Å²) in [5.74, 6) is -2.17. The molecule has 3 nitrogen and oxygen atoms in total. The van der Waals surface area contributed by atoms with Gasteiger partial charge in [0.25, 0.3) is 0 Å². The molecule has 0 heterocycles. The maximum Gasteiger partial charge on any atom is 0.165 e. The number of halogens is 3. The van der Waals surface area contributed by atoms with E-state index in [0.717, 1.165) is 24.3 Å². The van der Waals surface area contributed by atoms with Gasteiger partial charge in [-0.3, -0.25) is 0 Å². The van der Waals surface area contributed by atoms with Gasteiger partial charge < -0.3 is 4.74 Å². The third kappa shape index (κ3) is 4.12. The van der Waals surface area contributed by atoms with Crippen molar-refractivity contribution in [3.8, 4) is 17.9 Å². The molecule has 2 rings (SSSR count). The molecule has 0 amide bonds. The molecule has 0 N–H and O–H groups in total. The van der Waals surface area contributed by atoms with E-state index in [1.165, 1.54) is 18.2 Å². The topological polar surface area (TPSA) is 56.8 Å². The molecule has 0 radical (unpaired) electrons. The molecule has 0 aliphatic heterocycles. The molecule has 2 aromatic rings. The maximum atomic E-state index is 13.9. The van der Waals surface area contributed by atoms with Gasteiger partial charge in [-0.15, -0.1) is 0 Å². The molecule has 114 valence electrons. The molecule has 0 aliphatic carbocycles. The van der Waals surface area contributed by atoms with Crippen LogP contribution in [0.3, 0.4) is 0 Å². The highest BCUT2D eigenvalue weighted by molar-refractivity contribution is 5.62. The van der Waals surface area contributed by atoms with Crippen molar-refractivity contribution in [1.82, 2.24) is 0 Å². The normalized spacial score (nSPS) is 9.61. The van der Waals surface area contributed by atoms with Crippen LogP contribution in [-0.4, -0.2) is 0 Å². The maximum absolute atomic E-state index is 13.9. The summed E-state index contributed by atoms with van der Waals surface area (Å²) in [4.78, 5) is 0. The van der Waals surface area contributed by atoms with Crippen molar-refractivity contribution in [3.63, 3.8) is 0 Å². The average molecular weight is 314 g/mol. The highest BCUT2D eigenvalue weighted by Gasteiger charge is 2.08. The SMILES string of the molecule is N#CC(C#N)=Cc1ccc(OCc2cc(F)ccc2F)c(F)c1. The summed E-state index contributed by atoms with van der Waals surface area (Å²) in [6, 6.07) is 10.0. The van der Waals surface area contributed by atoms with Crippen LogP contribution in [0.4, 0.5) is 13.2 Å². The number of nitrogens with zero attached hydrogens (tertiary/aromatic N) is 2. The van der Waals surface area contributed by atoms with Gasteiger partial charge in [0.15, 0.2) is 11.6 Å². The quantitative estimate of drug-likeness (QED) is 0.798. The first-order valence-electron chi connectivity index (χ1n) is 6.41. The highest BCUT2D eigenvalue weighted by atomic mass is 19.1. The lowest BCUT2D eigenvalue weighted by Gasteiger charge is -2.09. The largest absolute Gasteiger partial charge is 0.486 e. The van der Waals surface area contributed by atoms with Crippen molar-refractivity contribution in [2.45, 2.75) is 6.61 Å². The molecular formula is C17H9F3N2O. The van der Waals surface area contributed by atoms with Gasteiger partial charge in [0.2, 0.25) is 0 Å². The fraction of sp³-hybridized carbons (Fsp3) is 0.0588. The molecule has 0 saturated carbocycles. The molecule has 2 aromatic carbocycles. The summed E-state index contributed by atoms with van der Waals surface area (Å²) in [6.45, 7) is -0.336. The van der Waals surface area contributed by atoms with E-state index in [0.29, 0.717) is 5.56 Å². The van der Waals surface area contributed by atoms with Crippen LogP contribution < -0.4 is 4.74 Å². The van der Waals surface area contributed by atoms with Gasteiger partial charge in [-0.1, -0.05) is 6.07 Å². The molecule has 0 unspecified atom stereocenters. The van der Waals surface area contributed by atoms with Crippen LogP contribution in [0.15, 0.2) is 42.0 Å². The zero-order valence-electron chi connectivity index (χ0n) is 11.7. The summed E-state index contributed by atoms with van der Waals surface area (Å²) in [5, 5.41) is 17.3. The second-order valence-corrected chi connectivity index (χ2v) is 4.50. The monoisotopic (exact) mass is 314 g/mol. The Kier molecular flexibility index (Phi) is 5.01. The van der Waals surface area contributed by atoms with Gasteiger partial charge in [-0.2, -0.15) is 10.5 Å². The zero-order chi connectivity index (χ0) is 16.8. The number of rotatable bonds is 4. The molecular weight excluding hydrogens is 305 g/mol. The van der Waals surface area contributed by atoms with Crippen LogP contribution in [0, 0.1) is 40.1 Å². The third-order valence-corrected chi connectivity index (χ3v) is 2.90. The number of ether oxygens (including phenoxy) is 1. The summed E-state index contributed by atoms with van der Waals surface area (Å²) in [7, 11) is 0. The lowest BCUT2D eigenvalue weighted by molar-refractivity contribution is 0.284. The minimum Gasteiger partial charge on any atom is -0.486 e. The van der Waals surface area contributed by atoms with E-state index < -0.39 is 17.5 Å². The van der Waals surface area contributed by atoms with Crippen molar-refractivity contribution >= 4 is 6.08 Å². The van der Waals surface area contributed by atoms with Crippen molar-refractivity contribution in [3.05, 3.63) is 70.5 Å². The molecule has 0 fully saturated rings. The second-order valence-electron chi connectivity index (χ2n) is 4.50. The smallest absolute Gasteiger partial charge is 0.165 e. The number of hydrogen-bond acceptors (Lipinski definition) is 3. The number of allylic oxidation sites excluding steroid dienone is 1. The molecule has 0 saturated heterocycles. The Morgan fingerprint density at radius 2 is 1.74 bits per heavy atom. The summed E-state index contributed by atoms with van der Waals surface area (Å²) >= 11 is 0. The predicted molar refractivity (Wildman–Crippen MR) is 76.3 cm³/mol. The molecule has 0 aliphatic rings. The lowest BCUT2D eigenvalue weighted by atomic mass is 10.1. The molecule has 0 atom stereocenters. The Morgan fingerprint density at radius 1 is 1.00 bits per heavy atom.